The quantitative estimate of drug-likeness (QED) is 0.140. The summed E-state index contributed by atoms with van der Waals surface area (Å²) in [5.74, 6) is 4.77. The van der Waals surface area contributed by atoms with Crippen molar-refractivity contribution in [3.63, 3.8) is 0 Å². The fourth-order valence-corrected chi connectivity index (χ4v) is 6.30. The number of terminal acetylenes is 2. The topological polar surface area (TPSA) is 101 Å². The van der Waals surface area contributed by atoms with E-state index in [1.807, 2.05) is 50.5 Å². The van der Waals surface area contributed by atoms with E-state index in [4.69, 9.17) is 12.8 Å². The van der Waals surface area contributed by atoms with E-state index in [9.17, 15) is 22.9 Å². The van der Waals surface area contributed by atoms with Crippen LogP contribution in [0.3, 0.4) is 0 Å². The molecule has 0 radical (unpaired) electrons. The Labute approximate surface area is 283 Å². The van der Waals surface area contributed by atoms with Crippen LogP contribution >= 0.6 is 0 Å². The Kier molecular flexibility index (Phi) is 8.25. The standard InChI is InChI=1S/C32H28N2O5S.K/c1-7-15-33-25-12-10-9-11-23(25)31(3,4)27(33)18-21-29(35)22(30(21)36)19-28-32(5,6)24-17-20(40(37,38)39)13-14-26(24)34(28)16-8-2;/h1-2,10-14,17-19,35H,15-16H2,3-6H3,(H,37,38,39);/q;+1/p-1. The third-order valence-electron chi connectivity index (χ3n) is 7.95. The molecule has 2 aromatic rings. The van der Waals surface area contributed by atoms with Gasteiger partial charge in [0.25, 0.3) is 0 Å². The van der Waals surface area contributed by atoms with Crippen molar-refractivity contribution in [2.45, 2.75) is 43.4 Å². The SMILES string of the molecule is C#CCN1/C(=C/C2=C(O)C(=C\C3=[N+](CC#C)c4cc[c-]cc4C3(C)C)/C2=O)C(C)(C)c2cc(S(=O)(=O)[O-])ccc21.[K+]. The summed E-state index contributed by atoms with van der Waals surface area (Å²) >= 11 is 0. The Morgan fingerprint density at radius 2 is 1.80 bits per heavy atom. The van der Waals surface area contributed by atoms with Crippen LogP contribution in [0.4, 0.5) is 11.4 Å². The molecule has 0 atom stereocenters. The van der Waals surface area contributed by atoms with Crippen molar-refractivity contribution < 1.29 is 78.8 Å². The van der Waals surface area contributed by atoms with Gasteiger partial charge in [-0.05, 0) is 35.8 Å². The molecule has 0 aromatic heterocycles. The number of nitrogens with zero attached hydrogens (tertiary/aromatic N) is 2. The van der Waals surface area contributed by atoms with E-state index >= 15 is 0 Å². The number of ketones is 1. The first-order valence-corrected chi connectivity index (χ1v) is 14.0. The Bertz CT molecular complexity index is 1830. The average Bonchev–Trinajstić information content (AvgIpc) is 3.24. The van der Waals surface area contributed by atoms with Crippen molar-refractivity contribution in [2.75, 3.05) is 18.0 Å². The normalized spacial score (nSPS) is 20.4. The molecule has 0 amide bonds. The van der Waals surface area contributed by atoms with Crippen molar-refractivity contribution >= 4 is 33.0 Å². The van der Waals surface area contributed by atoms with Crippen LogP contribution in [-0.2, 0) is 25.7 Å². The van der Waals surface area contributed by atoms with Crippen LogP contribution in [0, 0.1) is 30.8 Å². The van der Waals surface area contributed by atoms with Gasteiger partial charge >= 0.3 is 51.4 Å². The number of fused-ring (bicyclic) bond motifs is 2. The van der Waals surface area contributed by atoms with Crippen molar-refractivity contribution in [3.05, 3.63) is 88.3 Å². The van der Waals surface area contributed by atoms with Gasteiger partial charge in [0.05, 0.1) is 22.6 Å². The molecular formula is C32H27KN2O5S. The molecule has 2 aromatic carbocycles. The molecule has 5 rings (SSSR count). The van der Waals surface area contributed by atoms with E-state index in [-0.39, 0.29) is 85.5 Å². The minimum Gasteiger partial charge on any atom is -0.744 e. The van der Waals surface area contributed by atoms with Crippen LogP contribution < -0.4 is 56.3 Å². The predicted octanol–water partition coefficient (Wildman–Crippen LogP) is 1.04. The van der Waals surface area contributed by atoms with E-state index < -0.39 is 20.9 Å². The molecular weight excluding hydrogens is 564 g/mol. The summed E-state index contributed by atoms with van der Waals surface area (Å²) in [4.78, 5) is 14.9. The van der Waals surface area contributed by atoms with Gasteiger partial charge in [-0.25, -0.2) is 13.0 Å². The number of rotatable bonds is 5. The number of anilines is 1. The van der Waals surface area contributed by atoms with E-state index in [0.29, 0.717) is 23.5 Å². The minimum atomic E-state index is -4.67. The average molecular weight is 591 g/mol. The maximum atomic E-state index is 13.4. The smallest absolute Gasteiger partial charge is 0.744 e. The Morgan fingerprint density at radius 1 is 1.10 bits per heavy atom. The fraction of sp³-hybridized carbons (Fsp3) is 0.250. The van der Waals surface area contributed by atoms with Crippen LogP contribution in [-0.4, -0.2) is 47.2 Å². The number of aliphatic hydroxyl groups excluding tert-OH is 1. The van der Waals surface area contributed by atoms with E-state index in [2.05, 4.69) is 17.9 Å². The van der Waals surface area contributed by atoms with Crippen LogP contribution in [0.2, 0.25) is 0 Å². The van der Waals surface area contributed by atoms with Crippen molar-refractivity contribution in [1.82, 2.24) is 0 Å². The summed E-state index contributed by atoms with van der Waals surface area (Å²) in [5.41, 5.74) is 3.54. The Balaban J connectivity index is 0.00000387. The van der Waals surface area contributed by atoms with Gasteiger partial charge in [-0.3, -0.25) is 4.79 Å². The molecule has 9 heteroatoms. The van der Waals surface area contributed by atoms with E-state index in [1.165, 1.54) is 18.2 Å². The zero-order valence-electron chi connectivity index (χ0n) is 23.6. The maximum Gasteiger partial charge on any atom is 1.00 e. The second-order valence-corrected chi connectivity index (χ2v) is 12.4. The van der Waals surface area contributed by atoms with Gasteiger partial charge in [0.2, 0.25) is 12.3 Å². The molecule has 2 heterocycles. The van der Waals surface area contributed by atoms with Crippen molar-refractivity contribution in [2.24, 2.45) is 0 Å². The molecule has 41 heavy (non-hydrogen) atoms. The van der Waals surface area contributed by atoms with Gasteiger partial charge in [-0.15, -0.1) is 18.9 Å². The molecule has 2 aliphatic heterocycles. The summed E-state index contributed by atoms with van der Waals surface area (Å²) in [6, 6.07) is 12.9. The van der Waals surface area contributed by atoms with Crippen LogP contribution in [0.15, 0.2) is 76.0 Å². The number of carbonyl (C=O) groups excluding carboxylic acids is 1. The second-order valence-electron chi connectivity index (χ2n) is 11.0. The molecule has 0 spiro atoms. The largest absolute Gasteiger partial charge is 1.00 e. The second kappa shape index (κ2) is 10.8. The van der Waals surface area contributed by atoms with Crippen molar-refractivity contribution in [1.29, 1.82) is 0 Å². The monoisotopic (exact) mass is 590 g/mol. The zero-order chi connectivity index (χ0) is 29.2. The van der Waals surface area contributed by atoms with Crippen molar-refractivity contribution in [3.8, 4) is 24.7 Å². The van der Waals surface area contributed by atoms with Gasteiger partial charge in [-0.2, -0.15) is 18.2 Å². The van der Waals surface area contributed by atoms with E-state index in [1.54, 1.807) is 17.1 Å². The first-order chi connectivity index (χ1) is 18.7. The number of Topliss-reactive ketones (excluding diaryl/α,β-unsaturated/α-hetero) is 1. The fourth-order valence-electron chi connectivity index (χ4n) is 5.80. The summed E-state index contributed by atoms with van der Waals surface area (Å²) in [7, 11) is -4.67. The molecule has 3 aliphatic rings. The Hall–Kier alpha value is -2.73. The van der Waals surface area contributed by atoms with Crippen LogP contribution in [0.5, 0.6) is 0 Å². The zero-order valence-corrected chi connectivity index (χ0v) is 27.5. The Morgan fingerprint density at radius 3 is 2.41 bits per heavy atom. The number of benzene rings is 2. The molecule has 1 aliphatic carbocycles. The first kappa shape index (κ1) is 31.2. The van der Waals surface area contributed by atoms with Gasteiger partial charge in [-0.1, -0.05) is 39.2 Å². The molecule has 0 unspecified atom stereocenters. The number of carbonyl (C=O) groups is 1. The molecule has 202 valence electrons. The third kappa shape index (κ3) is 4.90. The molecule has 0 fully saturated rings. The van der Waals surface area contributed by atoms with Crippen LogP contribution in [0.1, 0.15) is 38.8 Å². The van der Waals surface area contributed by atoms with E-state index in [0.717, 1.165) is 17.0 Å². The summed E-state index contributed by atoms with van der Waals surface area (Å²) in [6.07, 6.45) is 14.6. The van der Waals surface area contributed by atoms with Gasteiger partial charge < -0.3 is 14.6 Å². The number of aliphatic hydroxyl groups is 1. The van der Waals surface area contributed by atoms with Gasteiger partial charge in [0.1, 0.15) is 21.6 Å². The summed E-state index contributed by atoms with van der Waals surface area (Å²) in [5, 5.41) is 11.1. The predicted molar refractivity (Wildman–Crippen MR) is 151 cm³/mol. The van der Waals surface area contributed by atoms with Crippen LogP contribution in [0.25, 0.3) is 0 Å². The molecule has 7 nitrogen and oxygen atoms in total. The van der Waals surface area contributed by atoms with Gasteiger partial charge in [0, 0.05) is 28.3 Å². The number of allylic oxidation sites excluding steroid dienone is 5. The minimum absolute atomic E-state index is 0. The maximum absolute atomic E-state index is 13.4. The summed E-state index contributed by atoms with van der Waals surface area (Å²) in [6.45, 7) is 8.18. The van der Waals surface area contributed by atoms with Gasteiger partial charge in [0.15, 0.2) is 5.71 Å². The third-order valence-corrected chi connectivity index (χ3v) is 8.78. The first-order valence-electron chi connectivity index (χ1n) is 12.6. The summed E-state index contributed by atoms with van der Waals surface area (Å²) < 4.78 is 37.0. The number of hydrogen-bond donors (Lipinski definition) is 1. The molecule has 1 N–H and O–H groups in total. The molecule has 0 saturated carbocycles. The molecule has 0 bridgehead atoms. The molecule has 0 saturated heterocycles. The number of hydrogen-bond acceptors (Lipinski definition) is 6.